The fourth-order valence-corrected chi connectivity index (χ4v) is 2.47. The summed E-state index contributed by atoms with van der Waals surface area (Å²) >= 11 is 1.14. The molecule has 5 nitrogen and oxygen atoms in total. The molecule has 132 valence electrons. The molecule has 0 atom stereocenters. The second-order valence-electron chi connectivity index (χ2n) is 4.89. The number of carbonyl (C=O) groups is 3. The third-order valence-electron chi connectivity index (χ3n) is 2.96. The number of nitrogens with one attached hydrogen (secondary N) is 1. The van der Waals surface area contributed by atoms with Crippen molar-refractivity contribution < 1.29 is 32.3 Å². The Kier molecular flexibility index (Phi) is 5.92. The van der Waals surface area contributed by atoms with Gasteiger partial charge in [0.25, 0.3) is 11.8 Å². The number of ether oxygens (including phenoxy) is 1. The van der Waals surface area contributed by atoms with E-state index in [1.807, 2.05) is 5.32 Å². The molecule has 1 N–H and O–H groups in total. The summed E-state index contributed by atoms with van der Waals surface area (Å²) in [6, 6.07) is 7.40. The summed E-state index contributed by atoms with van der Waals surface area (Å²) < 4.78 is 42.5. The molecule has 0 saturated carbocycles. The average Bonchev–Trinajstić information content (AvgIpc) is 3.07. The number of imide groups is 1. The Labute approximate surface area is 144 Å². The van der Waals surface area contributed by atoms with E-state index in [1.54, 1.807) is 11.4 Å². The molecule has 0 aliphatic carbocycles. The molecule has 0 fully saturated rings. The molecular weight excluding hydrogens is 359 g/mol. The first kappa shape index (κ1) is 18.7. The van der Waals surface area contributed by atoms with Crippen LogP contribution < -0.4 is 5.32 Å². The Bertz CT molecular complexity index is 772. The van der Waals surface area contributed by atoms with Crippen molar-refractivity contribution in [3.8, 4) is 0 Å². The molecule has 25 heavy (non-hydrogen) atoms. The van der Waals surface area contributed by atoms with Crippen molar-refractivity contribution in [1.82, 2.24) is 5.32 Å². The zero-order chi connectivity index (χ0) is 18.4. The minimum atomic E-state index is -4.51. The lowest BCUT2D eigenvalue weighted by atomic mass is 10.1. The summed E-state index contributed by atoms with van der Waals surface area (Å²) in [7, 11) is 0. The van der Waals surface area contributed by atoms with Gasteiger partial charge in [-0.2, -0.15) is 13.2 Å². The van der Waals surface area contributed by atoms with Gasteiger partial charge in [0.2, 0.25) is 0 Å². The number of thiophene rings is 1. The topological polar surface area (TPSA) is 72.5 Å². The third kappa shape index (κ3) is 5.71. The van der Waals surface area contributed by atoms with Crippen LogP contribution >= 0.6 is 11.3 Å². The summed E-state index contributed by atoms with van der Waals surface area (Å²) in [6.45, 7) is -0.699. The number of hydrogen-bond acceptors (Lipinski definition) is 5. The lowest BCUT2D eigenvalue weighted by Gasteiger charge is -2.09. The van der Waals surface area contributed by atoms with Crippen molar-refractivity contribution in [2.45, 2.75) is 12.6 Å². The third-order valence-corrected chi connectivity index (χ3v) is 3.83. The second-order valence-corrected chi connectivity index (χ2v) is 5.84. The number of alkyl halides is 3. The van der Waals surface area contributed by atoms with Crippen molar-refractivity contribution in [3.63, 3.8) is 0 Å². The van der Waals surface area contributed by atoms with Crippen molar-refractivity contribution in [3.05, 3.63) is 57.8 Å². The molecule has 1 heterocycles. The molecule has 0 aliphatic rings. The van der Waals surface area contributed by atoms with Crippen molar-refractivity contribution in [1.29, 1.82) is 0 Å². The van der Waals surface area contributed by atoms with Gasteiger partial charge < -0.3 is 4.74 Å². The van der Waals surface area contributed by atoms with Crippen LogP contribution in [0.1, 0.15) is 20.8 Å². The van der Waals surface area contributed by atoms with Crippen LogP contribution in [0.3, 0.4) is 0 Å². The maximum Gasteiger partial charge on any atom is 0.416 e. The van der Waals surface area contributed by atoms with Crippen LogP contribution in [0.4, 0.5) is 13.2 Å². The zero-order valence-corrected chi connectivity index (χ0v) is 13.4. The van der Waals surface area contributed by atoms with Crippen LogP contribution in [0.5, 0.6) is 0 Å². The van der Waals surface area contributed by atoms with E-state index in [4.69, 9.17) is 0 Å². The molecule has 2 rings (SSSR count). The highest BCUT2D eigenvalue weighted by Crippen LogP contribution is 2.29. The molecule has 0 aliphatic heterocycles. The number of hydrogen-bond donors (Lipinski definition) is 1. The maximum atomic E-state index is 12.6. The molecule has 0 saturated heterocycles. The molecule has 9 heteroatoms. The molecule has 1 aromatic carbocycles. The Balaban J connectivity index is 1.82. The number of amides is 2. The summed E-state index contributed by atoms with van der Waals surface area (Å²) in [4.78, 5) is 35.1. The fourth-order valence-electron chi connectivity index (χ4n) is 1.85. The van der Waals surface area contributed by atoms with Crippen LogP contribution in [0, 0.1) is 0 Å². The predicted octanol–water partition coefficient (Wildman–Crippen LogP) is 2.81. The van der Waals surface area contributed by atoms with Crippen LogP contribution in [0.2, 0.25) is 0 Å². The number of halogens is 3. The van der Waals surface area contributed by atoms with Gasteiger partial charge in [0, 0.05) is 0 Å². The SMILES string of the molecule is O=C(COC(=O)Cc1cccc(C(F)(F)F)c1)NC(=O)c1cccs1. The number of carbonyl (C=O) groups excluding carboxylic acids is 3. The standard InChI is InChI=1S/C16H12F3NO4S/c17-16(18,19)11-4-1-3-10(7-11)8-14(22)24-9-13(21)20-15(23)12-5-2-6-25-12/h1-7H,8-9H2,(H,20,21,23). The first-order chi connectivity index (χ1) is 11.8. The van der Waals surface area contributed by atoms with E-state index < -0.39 is 42.6 Å². The first-order valence-corrected chi connectivity index (χ1v) is 7.83. The highest BCUT2D eigenvalue weighted by molar-refractivity contribution is 7.12. The van der Waals surface area contributed by atoms with Crippen LogP contribution in [-0.2, 0) is 26.9 Å². The smallest absolute Gasteiger partial charge is 0.416 e. The van der Waals surface area contributed by atoms with Crippen molar-refractivity contribution in [2.75, 3.05) is 6.61 Å². The molecule has 2 amide bonds. The molecule has 1 aromatic heterocycles. The lowest BCUT2D eigenvalue weighted by molar-refractivity contribution is -0.147. The molecule has 0 radical (unpaired) electrons. The Morgan fingerprint density at radius 2 is 1.88 bits per heavy atom. The van der Waals surface area contributed by atoms with Gasteiger partial charge >= 0.3 is 12.1 Å². The van der Waals surface area contributed by atoms with E-state index in [9.17, 15) is 27.6 Å². The predicted molar refractivity (Wildman–Crippen MR) is 82.9 cm³/mol. The highest BCUT2D eigenvalue weighted by Gasteiger charge is 2.30. The molecule has 0 bridgehead atoms. The maximum absolute atomic E-state index is 12.6. The number of rotatable bonds is 5. The van der Waals surface area contributed by atoms with Gasteiger partial charge in [0.05, 0.1) is 16.9 Å². The number of esters is 1. The molecule has 0 unspecified atom stereocenters. The van der Waals surface area contributed by atoms with Gasteiger partial charge in [-0.05, 0) is 23.1 Å². The van der Waals surface area contributed by atoms with Gasteiger partial charge in [-0.25, -0.2) is 0 Å². The van der Waals surface area contributed by atoms with Gasteiger partial charge in [0.1, 0.15) is 0 Å². The fraction of sp³-hybridized carbons (Fsp3) is 0.188. The van der Waals surface area contributed by atoms with Gasteiger partial charge in [0.15, 0.2) is 6.61 Å². The summed E-state index contributed by atoms with van der Waals surface area (Å²) in [5, 5.41) is 3.70. The van der Waals surface area contributed by atoms with E-state index in [-0.39, 0.29) is 5.56 Å². The van der Waals surface area contributed by atoms with E-state index in [1.165, 1.54) is 18.2 Å². The van der Waals surface area contributed by atoms with Gasteiger partial charge in [-0.15, -0.1) is 11.3 Å². The quantitative estimate of drug-likeness (QED) is 0.821. The minimum Gasteiger partial charge on any atom is -0.455 e. The first-order valence-electron chi connectivity index (χ1n) is 6.95. The van der Waals surface area contributed by atoms with Crippen LogP contribution in [0.15, 0.2) is 41.8 Å². The molecule has 0 spiro atoms. The van der Waals surface area contributed by atoms with E-state index in [0.717, 1.165) is 23.5 Å². The van der Waals surface area contributed by atoms with Gasteiger partial charge in [-0.3, -0.25) is 19.7 Å². The second kappa shape index (κ2) is 7.93. The summed E-state index contributed by atoms with van der Waals surface area (Å²) in [5.41, 5.74) is -0.771. The van der Waals surface area contributed by atoms with Crippen molar-refractivity contribution >= 4 is 29.1 Å². The highest BCUT2D eigenvalue weighted by atomic mass is 32.1. The summed E-state index contributed by atoms with van der Waals surface area (Å²) in [5.74, 6) is -2.32. The Morgan fingerprint density at radius 3 is 2.52 bits per heavy atom. The molecular formula is C16H12F3NO4S. The number of benzene rings is 1. The van der Waals surface area contributed by atoms with Gasteiger partial charge in [-0.1, -0.05) is 24.3 Å². The van der Waals surface area contributed by atoms with E-state index in [2.05, 4.69) is 4.74 Å². The lowest BCUT2D eigenvalue weighted by Crippen LogP contribution is -2.33. The average molecular weight is 371 g/mol. The largest absolute Gasteiger partial charge is 0.455 e. The van der Waals surface area contributed by atoms with E-state index in [0.29, 0.717) is 4.88 Å². The molecule has 2 aromatic rings. The summed E-state index contributed by atoms with van der Waals surface area (Å²) in [6.07, 6.45) is -4.93. The van der Waals surface area contributed by atoms with E-state index >= 15 is 0 Å². The monoisotopic (exact) mass is 371 g/mol. The van der Waals surface area contributed by atoms with Crippen molar-refractivity contribution in [2.24, 2.45) is 0 Å². The zero-order valence-electron chi connectivity index (χ0n) is 12.6. The van der Waals surface area contributed by atoms with Crippen LogP contribution in [0.25, 0.3) is 0 Å². The Morgan fingerprint density at radius 1 is 1.12 bits per heavy atom. The Hall–Kier alpha value is -2.68. The minimum absolute atomic E-state index is 0.106. The normalized spacial score (nSPS) is 11.0. The van der Waals surface area contributed by atoms with Crippen LogP contribution in [-0.4, -0.2) is 24.4 Å².